The molecule has 1 N–H and O–H groups in total. The predicted octanol–water partition coefficient (Wildman–Crippen LogP) is 5.77. The van der Waals surface area contributed by atoms with Gasteiger partial charge >= 0.3 is 0 Å². The van der Waals surface area contributed by atoms with Gasteiger partial charge in [-0.1, -0.05) is 35.5 Å². The number of aromatic nitrogens is 3. The Hall–Kier alpha value is -3.78. The smallest absolute Gasteiger partial charge is 0.234 e. The van der Waals surface area contributed by atoms with Crippen molar-refractivity contribution in [3.05, 3.63) is 78.4 Å². The van der Waals surface area contributed by atoms with Gasteiger partial charge in [-0.2, -0.15) is 0 Å². The molecule has 0 aliphatic rings. The van der Waals surface area contributed by atoms with Crippen LogP contribution < -0.4 is 14.8 Å². The molecular formula is C27H28N4O3S. The van der Waals surface area contributed by atoms with Crippen molar-refractivity contribution in [1.29, 1.82) is 0 Å². The van der Waals surface area contributed by atoms with Crippen LogP contribution in [-0.4, -0.2) is 39.6 Å². The first-order valence-electron chi connectivity index (χ1n) is 11.5. The van der Waals surface area contributed by atoms with Crippen LogP contribution in [0.15, 0.2) is 78.0 Å². The van der Waals surface area contributed by atoms with Crippen molar-refractivity contribution in [3.8, 4) is 28.6 Å². The highest BCUT2D eigenvalue weighted by molar-refractivity contribution is 7.99. The van der Waals surface area contributed by atoms with Crippen molar-refractivity contribution in [2.24, 2.45) is 0 Å². The minimum absolute atomic E-state index is 0.127. The van der Waals surface area contributed by atoms with E-state index in [4.69, 9.17) is 9.47 Å². The Kier molecular flexibility index (Phi) is 8.05. The van der Waals surface area contributed by atoms with Gasteiger partial charge in [-0.25, -0.2) is 0 Å². The van der Waals surface area contributed by atoms with Gasteiger partial charge in [0, 0.05) is 16.9 Å². The highest BCUT2D eigenvalue weighted by Crippen LogP contribution is 2.29. The van der Waals surface area contributed by atoms with Gasteiger partial charge in [0.25, 0.3) is 0 Å². The standard InChI is InChI=1S/C27H28N4O3S/c1-4-33-23-13-9-21(10-14-23)28-25(32)18-35-27-30-29-26(20-8-6-7-19(3)17-20)31(27)22-11-15-24(16-12-22)34-5-2/h6-17H,4-5,18H2,1-3H3,(H,28,32). The second kappa shape index (κ2) is 11.6. The fourth-order valence-corrected chi connectivity index (χ4v) is 4.31. The molecule has 0 aliphatic heterocycles. The van der Waals surface area contributed by atoms with Crippen LogP contribution >= 0.6 is 11.8 Å². The number of nitrogens with one attached hydrogen (secondary N) is 1. The molecule has 4 aromatic rings. The van der Waals surface area contributed by atoms with Gasteiger partial charge < -0.3 is 14.8 Å². The van der Waals surface area contributed by atoms with Gasteiger partial charge in [-0.15, -0.1) is 10.2 Å². The molecular weight excluding hydrogens is 460 g/mol. The Balaban J connectivity index is 1.55. The van der Waals surface area contributed by atoms with Crippen LogP contribution in [0.2, 0.25) is 0 Å². The largest absolute Gasteiger partial charge is 0.494 e. The van der Waals surface area contributed by atoms with Crippen molar-refractivity contribution < 1.29 is 14.3 Å². The van der Waals surface area contributed by atoms with Crippen LogP contribution in [0.25, 0.3) is 17.1 Å². The number of carbonyl (C=O) groups excluding carboxylic acids is 1. The molecule has 3 aromatic carbocycles. The summed E-state index contributed by atoms with van der Waals surface area (Å²) in [6, 6.07) is 23.2. The Morgan fingerprint density at radius 3 is 2.20 bits per heavy atom. The third-order valence-electron chi connectivity index (χ3n) is 5.10. The first-order chi connectivity index (χ1) is 17.1. The normalized spacial score (nSPS) is 10.7. The number of ether oxygens (including phenoxy) is 2. The molecule has 1 heterocycles. The zero-order valence-electron chi connectivity index (χ0n) is 20.0. The lowest BCUT2D eigenvalue weighted by molar-refractivity contribution is -0.113. The summed E-state index contributed by atoms with van der Waals surface area (Å²) in [5.41, 5.74) is 3.70. The quantitative estimate of drug-likeness (QED) is 0.286. The van der Waals surface area contributed by atoms with E-state index >= 15 is 0 Å². The maximum atomic E-state index is 12.6. The van der Waals surface area contributed by atoms with Crippen LogP contribution in [0.3, 0.4) is 0 Å². The number of benzene rings is 3. The number of hydrogen-bond donors (Lipinski definition) is 1. The van der Waals surface area contributed by atoms with Crippen LogP contribution in [0.5, 0.6) is 11.5 Å². The summed E-state index contributed by atoms with van der Waals surface area (Å²) in [7, 11) is 0. The van der Waals surface area contributed by atoms with E-state index in [1.165, 1.54) is 11.8 Å². The Labute approximate surface area is 209 Å². The van der Waals surface area contributed by atoms with Crippen LogP contribution in [0.1, 0.15) is 19.4 Å². The SMILES string of the molecule is CCOc1ccc(NC(=O)CSc2nnc(-c3cccc(C)c3)n2-c2ccc(OCC)cc2)cc1. The lowest BCUT2D eigenvalue weighted by atomic mass is 10.1. The molecule has 0 unspecified atom stereocenters. The predicted molar refractivity (Wildman–Crippen MR) is 140 cm³/mol. The molecule has 8 heteroatoms. The van der Waals surface area contributed by atoms with Crippen LogP contribution in [0, 0.1) is 6.92 Å². The van der Waals surface area contributed by atoms with E-state index in [1.807, 2.05) is 92.1 Å². The second-order valence-electron chi connectivity index (χ2n) is 7.73. The number of amides is 1. The zero-order chi connectivity index (χ0) is 24.6. The Bertz CT molecular complexity index is 1270. The Morgan fingerprint density at radius 1 is 0.914 bits per heavy atom. The van der Waals surface area contributed by atoms with E-state index in [9.17, 15) is 4.79 Å². The fraction of sp³-hybridized carbons (Fsp3) is 0.222. The molecule has 0 saturated heterocycles. The third-order valence-corrected chi connectivity index (χ3v) is 6.03. The number of anilines is 1. The number of carbonyl (C=O) groups is 1. The maximum absolute atomic E-state index is 12.6. The molecule has 1 amide bonds. The average molecular weight is 489 g/mol. The summed E-state index contributed by atoms with van der Waals surface area (Å²) in [6.07, 6.45) is 0. The summed E-state index contributed by atoms with van der Waals surface area (Å²) >= 11 is 1.34. The minimum Gasteiger partial charge on any atom is -0.494 e. The summed E-state index contributed by atoms with van der Waals surface area (Å²) in [5.74, 6) is 2.35. The van der Waals surface area contributed by atoms with E-state index in [2.05, 4.69) is 21.6 Å². The van der Waals surface area contributed by atoms with Crippen molar-refractivity contribution in [2.75, 3.05) is 24.3 Å². The van der Waals surface area contributed by atoms with Crippen LogP contribution in [-0.2, 0) is 4.79 Å². The lowest BCUT2D eigenvalue weighted by Gasteiger charge is -2.12. The van der Waals surface area contributed by atoms with E-state index in [1.54, 1.807) is 0 Å². The highest BCUT2D eigenvalue weighted by atomic mass is 32.2. The van der Waals surface area contributed by atoms with Crippen molar-refractivity contribution in [1.82, 2.24) is 14.8 Å². The summed E-state index contributed by atoms with van der Waals surface area (Å²) in [6.45, 7) is 7.13. The van der Waals surface area contributed by atoms with E-state index in [-0.39, 0.29) is 11.7 Å². The number of nitrogens with zero attached hydrogens (tertiary/aromatic N) is 3. The van der Waals surface area contributed by atoms with E-state index < -0.39 is 0 Å². The molecule has 0 spiro atoms. The first-order valence-corrected chi connectivity index (χ1v) is 12.5. The van der Waals surface area contributed by atoms with Crippen molar-refractivity contribution >= 4 is 23.4 Å². The van der Waals surface area contributed by atoms with Crippen molar-refractivity contribution in [2.45, 2.75) is 25.9 Å². The van der Waals surface area contributed by atoms with Crippen molar-refractivity contribution in [3.63, 3.8) is 0 Å². The van der Waals surface area contributed by atoms with Crippen LogP contribution in [0.4, 0.5) is 5.69 Å². The monoisotopic (exact) mass is 488 g/mol. The molecule has 0 atom stereocenters. The lowest BCUT2D eigenvalue weighted by Crippen LogP contribution is -2.14. The third kappa shape index (κ3) is 6.22. The summed E-state index contributed by atoms with van der Waals surface area (Å²) < 4.78 is 13.0. The highest BCUT2D eigenvalue weighted by Gasteiger charge is 2.18. The molecule has 0 radical (unpaired) electrons. The van der Waals surface area contributed by atoms with Gasteiger partial charge in [0.1, 0.15) is 11.5 Å². The zero-order valence-corrected chi connectivity index (χ0v) is 20.8. The summed E-state index contributed by atoms with van der Waals surface area (Å²) in [5, 5.41) is 12.4. The number of aryl methyl sites for hydroxylation is 1. The van der Waals surface area contributed by atoms with Gasteiger partial charge in [-0.05, 0) is 75.4 Å². The van der Waals surface area contributed by atoms with Gasteiger partial charge in [-0.3, -0.25) is 9.36 Å². The fourth-order valence-electron chi connectivity index (χ4n) is 3.55. The molecule has 4 rings (SSSR count). The van der Waals surface area contributed by atoms with Gasteiger partial charge in [0.2, 0.25) is 5.91 Å². The molecule has 7 nitrogen and oxygen atoms in total. The molecule has 0 aliphatic carbocycles. The second-order valence-corrected chi connectivity index (χ2v) is 8.67. The molecule has 0 fully saturated rings. The Morgan fingerprint density at radius 2 is 1.57 bits per heavy atom. The molecule has 180 valence electrons. The molecule has 35 heavy (non-hydrogen) atoms. The average Bonchev–Trinajstić information content (AvgIpc) is 3.29. The molecule has 1 aromatic heterocycles. The molecule has 0 bridgehead atoms. The van der Waals surface area contributed by atoms with E-state index in [0.29, 0.717) is 29.9 Å². The topological polar surface area (TPSA) is 78.3 Å². The summed E-state index contributed by atoms with van der Waals surface area (Å²) in [4.78, 5) is 12.6. The van der Waals surface area contributed by atoms with Gasteiger partial charge in [0.15, 0.2) is 11.0 Å². The van der Waals surface area contributed by atoms with Gasteiger partial charge in [0.05, 0.1) is 19.0 Å². The number of hydrogen-bond acceptors (Lipinski definition) is 6. The number of thioether (sulfide) groups is 1. The first kappa shape index (κ1) is 24.3. The number of rotatable bonds is 10. The molecule has 0 saturated carbocycles. The minimum atomic E-state index is -0.127. The maximum Gasteiger partial charge on any atom is 0.234 e. The van der Waals surface area contributed by atoms with E-state index in [0.717, 1.165) is 28.3 Å².